The van der Waals surface area contributed by atoms with Crippen molar-refractivity contribution < 1.29 is 14.3 Å². The van der Waals surface area contributed by atoms with Crippen molar-refractivity contribution in [3.05, 3.63) is 59.2 Å². The Balaban J connectivity index is 2.06. The second kappa shape index (κ2) is 6.02. The number of ether oxygens (including phenoxy) is 1. The number of methoxy groups -OCH3 is 1. The third kappa shape index (κ3) is 2.60. The number of esters is 1. The van der Waals surface area contributed by atoms with Crippen LogP contribution in [0.1, 0.15) is 16.7 Å². The first kappa shape index (κ1) is 14.3. The van der Waals surface area contributed by atoms with E-state index in [1.54, 1.807) is 4.90 Å². The Morgan fingerprint density at radius 1 is 1.14 bits per heavy atom. The molecule has 22 heavy (non-hydrogen) atoms. The van der Waals surface area contributed by atoms with Crippen molar-refractivity contribution >= 4 is 23.8 Å². The van der Waals surface area contributed by atoms with Gasteiger partial charge in [-0.25, -0.2) is 0 Å². The van der Waals surface area contributed by atoms with Gasteiger partial charge in [-0.1, -0.05) is 30.3 Å². The zero-order valence-electron chi connectivity index (χ0n) is 12.4. The average Bonchev–Trinajstić information content (AvgIpc) is 2.70. The maximum Gasteiger partial charge on any atom is 0.309 e. The van der Waals surface area contributed by atoms with E-state index in [4.69, 9.17) is 4.74 Å². The number of fused-ring (bicyclic) bond motifs is 2. The number of hydrogen-bond donors (Lipinski definition) is 0. The van der Waals surface area contributed by atoms with Crippen LogP contribution in [0.4, 0.5) is 11.4 Å². The topological polar surface area (TPSA) is 46.6 Å². The smallest absolute Gasteiger partial charge is 0.309 e. The average molecular weight is 295 g/mol. The number of amides is 1. The molecule has 0 saturated carbocycles. The summed E-state index contributed by atoms with van der Waals surface area (Å²) in [4.78, 5) is 24.8. The molecule has 2 aromatic carbocycles. The normalized spacial score (nSPS) is 12.9. The Kier molecular flexibility index (Phi) is 3.92. The number of carbonyl (C=O) groups excluding carboxylic acids is 2. The first-order valence-electron chi connectivity index (χ1n) is 7.24. The Labute approximate surface area is 129 Å². The van der Waals surface area contributed by atoms with Crippen LogP contribution in [0.2, 0.25) is 0 Å². The highest BCUT2D eigenvalue weighted by molar-refractivity contribution is 5.90. The van der Waals surface area contributed by atoms with E-state index in [1.807, 2.05) is 42.5 Å². The summed E-state index contributed by atoms with van der Waals surface area (Å²) < 4.78 is 4.71. The molecule has 0 N–H and O–H groups in total. The number of benzene rings is 2. The zero-order valence-corrected chi connectivity index (χ0v) is 12.4. The van der Waals surface area contributed by atoms with E-state index < -0.39 is 0 Å². The van der Waals surface area contributed by atoms with Gasteiger partial charge in [0.2, 0.25) is 6.41 Å². The summed E-state index contributed by atoms with van der Waals surface area (Å²) >= 11 is 0. The van der Waals surface area contributed by atoms with Gasteiger partial charge in [-0.2, -0.15) is 0 Å². The summed E-state index contributed by atoms with van der Waals surface area (Å²) in [6.45, 7) is 0. The summed E-state index contributed by atoms with van der Waals surface area (Å²) in [7, 11) is 1.37. The van der Waals surface area contributed by atoms with Crippen LogP contribution in [0.25, 0.3) is 0 Å². The van der Waals surface area contributed by atoms with E-state index in [0.717, 1.165) is 47.3 Å². The number of para-hydroxylation sites is 1. The lowest BCUT2D eigenvalue weighted by Crippen LogP contribution is -2.16. The van der Waals surface area contributed by atoms with E-state index in [-0.39, 0.29) is 12.4 Å². The molecule has 112 valence electrons. The van der Waals surface area contributed by atoms with E-state index in [9.17, 15) is 9.59 Å². The van der Waals surface area contributed by atoms with Gasteiger partial charge in [0.15, 0.2) is 0 Å². The van der Waals surface area contributed by atoms with Crippen molar-refractivity contribution in [2.45, 2.75) is 19.3 Å². The van der Waals surface area contributed by atoms with Crippen molar-refractivity contribution in [2.24, 2.45) is 0 Å². The minimum Gasteiger partial charge on any atom is -0.469 e. The maximum atomic E-state index is 11.7. The molecule has 1 aliphatic heterocycles. The lowest BCUT2D eigenvalue weighted by atomic mass is 10.0. The van der Waals surface area contributed by atoms with Crippen LogP contribution < -0.4 is 4.90 Å². The van der Waals surface area contributed by atoms with Gasteiger partial charge in [0.25, 0.3) is 0 Å². The van der Waals surface area contributed by atoms with Gasteiger partial charge in [0, 0.05) is 0 Å². The van der Waals surface area contributed by atoms with Gasteiger partial charge in [-0.3, -0.25) is 14.5 Å². The summed E-state index contributed by atoms with van der Waals surface area (Å²) in [5.41, 5.74) is 4.86. The van der Waals surface area contributed by atoms with Crippen LogP contribution >= 0.6 is 0 Å². The number of nitrogens with zero attached hydrogens (tertiary/aromatic N) is 1. The second-order valence-corrected chi connectivity index (χ2v) is 5.32. The summed E-state index contributed by atoms with van der Waals surface area (Å²) in [5, 5.41) is 0. The van der Waals surface area contributed by atoms with E-state index >= 15 is 0 Å². The molecule has 2 aromatic rings. The third-order valence-electron chi connectivity index (χ3n) is 4.01. The predicted molar refractivity (Wildman–Crippen MR) is 84.2 cm³/mol. The molecular weight excluding hydrogens is 278 g/mol. The van der Waals surface area contributed by atoms with Gasteiger partial charge in [0.1, 0.15) is 0 Å². The standard InChI is InChI=1S/C18H17NO3/c1-22-18(21)11-13-6-7-15-9-8-14-4-2-3-5-16(14)19(12-20)17(15)10-13/h2-7,10,12H,8-9,11H2,1H3. The van der Waals surface area contributed by atoms with Crippen LogP contribution in [0, 0.1) is 0 Å². The summed E-state index contributed by atoms with van der Waals surface area (Å²) in [6, 6.07) is 13.7. The fraction of sp³-hybridized carbons (Fsp3) is 0.222. The van der Waals surface area contributed by atoms with Crippen molar-refractivity contribution in [2.75, 3.05) is 12.0 Å². The van der Waals surface area contributed by atoms with Crippen molar-refractivity contribution in [3.8, 4) is 0 Å². The molecule has 1 heterocycles. The molecule has 0 saturated heterocycles. The molecule has 3 rings (SSSR count). The number of hydrogen-bond acceptors (Lipinski definition) is 3. The van der Waals surface area contributed by atoms with Crippen molar-refractivity contribution in [1.29, 1.82) is 0 Å². The van der Waals surface area contributed by atoms with Crippen LogP contribution in [-0.4, -0.2) is 19.5 Å². The van der Waals surface area contributed by atoms with Crippen LogP contribution in [0.5, 0.6) is 0 Å². The molecule has 0 unspecified atom stereocenters. The Hall–Kier alpha value is -2.62. The molecule has 0 atom stereocenters. The lowest BCUT2D eigenvalue weighted by molar-refractivity contribution is -0.139. The summed E-state index contributed by atoms with van der Waals surface area (Å²) in [6.07, 6.45) is 2.81. The van der Waals surface area contributed by atoms with Crippen molar-refractivity contribution in [3.63, 3.8) is 0 Å². The first-order valence-corrected chi connectivity index (χ1v) is 7.24. The Morgan fingerprint density at radius 2 is 1.86 bits per heavy atom. The van der Waals surface area contributed by atoms with Gasteiger partial charge >= 0.3 is 5.97 Å². The summed E-state index contributed by atoms with van der Waals surface area (Å²) in [5.74, 6) is -0.286. The van der Waals surface area contributed by atoms with Gasteiger partial charge < -0.3 is 4.74 Å². The Bertz CT molecular complexity index is 724. The number of carbonyl (C=O) groups is 2. The molecular formula is C18H17NO3. The van der Waals surface area contributed by atoms with Gasteiger partial charge in [0.05, 0.1) is 24.9 Å². The quantitative estimate of drug-likeness (QED) is 0.646. The molecule has 0 spiro atoms. The molecule has 4 heteroatoms. The highest BCUT2D eigenvalue weighted by atomic mass is 16.5. The predicted octanol–water partition coefficient (Wildman–Crippen LogP) is 2.80. The van der Waals surface area contributed by atoms with E-state index in [1.165, 1.54) is 7.11 Å². The molecule has 4 nitrogen and oxygen atoms in total. The maximum absolute atomic E-state index is 11.7. The monoisotopic (exact) mass is 295 g/mol. The molecule has 1 amide bonds. The number of anilines is 2. The molecule has 0 radical (unpaired) electrons. The highest BCUT2D eigenvalue weighted by Gasteiger charge is 2.20. The minimum absolute atomic E-state index is 0.206. The fourth-order valence-corrected chi connectivity index (χ4v) is 2.86. The lowest BCUT2D eigenvalue weighted by Gasteiger charge is -2.20. The molecule has 0 bridgehead atoms. The van der Waals surface area contributed by atoms with Crippen LogP contribution in [0.15, 0.2) is 42.5 Å². The first-order chi connectivity index (χ1) is 10.7. The van der Waals surface area contributed by atoms with Gasteiger partial charge in [-0.15, -0.1) is 0 Å². The molecule has 0 aliphatic carbocycles. The largest absolute Gasteiger partial charge is 0.469 e. The number of aryl methyl sites for hydroxylation is 2. The van der Waals surface area contributed by atoms with Crippen molar-refractivity contribution in [1.82, 2.24) is 0 Å². The SMILES string of the molecule is COC(=O)Cc1ccc2c(c1)N(C=O)c1ccccc1CC2. The van der Waals surface area contributed by atoms with Crippen LogP contribution in [0.3, 0.4) is 0 Å². The zero-order chi connectivity index (χ0) is 15.5. The third-order valence-corrected chi connectivity index (χ3v) is 4.01. The van der Waals surface area contributed by atoms with Gasteiger partial charge in [-0.05, 0) is 41.7 Å². The number of rotatable bonds is 3. The molecule has 0 fully saturated rings. The van der Waals surface area contributed by atoms with E-state index in [2.05, 4.69) is 0 Å². The highest BCUT2D eigenvalue weighted by Crippen LogP contribution is 2.35. The molecule has 1 aliphatic rings. The minimum atomic E-state index is -0.286. The fourth-order valence-electron chi connectivity index (χ4n) is 2.86. The van der Waals surface area contributed by atoms with E-state index in [0.29, 0.717) is 0 Å². The molecule has 0 aromatic heterocycles. The Morgan fingerprint density at radius 3 is 2.59 bits per heavy atom. The second-order valence-electron chi connectivity index (χ2n) is 5.32. The van der Waals surface area contributed by atoms with Crippen LogP contribution in [-0.2, 0) is 33.6 Å².